The minimum absolute atomic E-state index is 0.166. The number of benzene rings is 1. The van der Waals surface area contributed by atoms with Gasteiger partial charge in [0, 0.05) is 17.6 Å². The quantitative estimate of drug-likeness (QED) is 0.811. The second kappa shape index (κ2) is 4.33. The molecule has 0 spiro atoms. The highest BCUT2D eigenvalue weighted by atomic mass is 19.1. The van der Waals surface area contributed by atoms with Crippen molar-refractivity contribution in [2.75, 3.05) is 0 Å². The van der Waals surface area contributed by atoms with Crippen LogP contribution in [0, 0.1) is 5.82 Å². The second-order valence-electron chi connectivity index (χ2n) is 5.61. The molecule has 18 heavy (non-hydrogen) atoms. The fourth-order valence-corrected chi connectivity index (χ4v) is 1.91. The van der Waals surface area contributed by atoms with Gasteiger partial charge in [0.25, 0.3) is 0 Å². The summed E-state index contributed by atoms with van der Waals surface area (Å²) in [7, 11) is -0.679. The molecule has 1 fully saturated rings. The van der Waals surface area contributed by atoms with Gasteiger partial charge >= 0.3 is 7.12 Å². The minimum atomic E-state index is -0.679. The van der Waals surface area contributed by atoms with Crippen molar-refractivity contribution in [1.82, 2.24) is 0 Å². The van der Waals surface area contributed by atoms with Crippen LogP contribution in [0.1, 0.15) is 33.3 Å². The first-order valence-electron chi connectivity index (χ1n) is 6.11. The largest absolute Gasteiger partial charge is 0.497 e. The molecular formula is C13H19BFNO2. The zero-order valence-corrected chi connectivity index (χ0v) is 11.3. The first kappa shape index (κ1) is 13.5. The van der Waals surface area contributed by atoms with Gasteiger partial charge in [0.15, 0.2) is 0 Å². The molecule has 1 heterocycles. The van der Waals surface area contributed by atoms with Crippen molar-refractivity contribution in [2.24, 2.45) is 5.73 Å². The monoisotopic (exact) mass is 251 g/mol. The van der Waals surface area contributed by atoms with Crippen molar-refractivity contribution in [1.29, 1.82) is 0 Å². The van der Waals surface area contributed by atoms with Crippen molar-refractivity contribution in [3.8, 4) is 0 Å². The Hall–Kier alpha value is -0.905. The smallest absolute Gasteiger partial charge is 0.399 e. The normalized spacial score (nSPS) is 21.3. The molecule has 1 aliphatic rings. The summed E-state index contributed by atoms with van der Waals surface area (Å²) in [6, 6.07) is 5.12. The van der Waals surface area contributed by atoms with Crippen molar-refractivity contribution in [3.05, 3.63) is 29.6 Å². The Kier molecular flexibility index (Phi) is 3.26. The summed E-state index contributed by atoms with van der Waals surface area (Å²) < 4.78 is 25.8. The lowest BCUT2D eigenvalue weighted by Gasteiger charge is -2.32. The fourth-order valence-electron chi connectivity index (χ4n) is 1.91. The van der Waals surface area contributed by atoms with Crippen LogP contribution >= 0.6 is 0 Å². The lowest BCUT2D eigenvalue weighted by molar-refractivity contribution is 0.00578. The van der Waals surface area contributed by atoms with Gasteiger partial charge in [-0.15, -0.1) is 0 Å². The van der Waals surface area contributed by atoms with E-state index in [1.165, 1.54) is 0 Å². The Balaban J connectivity index is 2.35. The first-order valence-corrected chi connectivity index (χ1v) is 6.11. The zero-order valence-electron chi connectivity index (χ0n) is 11.3. The van der Waals surface area contributed by atoms with Gasteiger partial charge in [-0.05, 0) is 27.7 Å². The third-order valence-corrected chi connectivity index (χ3v) is 3.84. The van der Waals surface area contributed by atoms with Crippen LogP contribution in [-0.4, -0.2) is 18.3 Å². The number of hydrogen-bond acceptors (Lipinski definition) is 3. The average molecular weight is 251 g/mol. The highest BCUT2D eigenvalue weighted by Gasteiger charge is 2.52. The van der Waals surface area contributed by atoms with Gasteiger partial charge in [0.1, 0.15) is 5.82 Å². The maximum absolute atomic E-state index is 14.2. The summed E-state index contributed by atoms with van der Waals surface area (Å²) in [4.78, 5) is 0. The molecular weight excluding hydrogens is 232 g/mol. The highest BCUT2D eigenvalue weighted by Crippen LogP contribution is 2.36. The topological polar surface area (TPSA) is 44.5 Å². The van der Waals surface area contributed by atoms with Crippen LogP contribution < -0.4 is 11.2 Å². The summed E-state index contributed by atoms with van der Waals surface area (Å²) in [5.74, 6) is -0.335. The van der Waals surface area contributed by atoms with E-state index in [-0.39, 0.29) is 12.4 Å². The van der Waals surface area contributed by atoms with E-state index in [9.17, 15) is 4.39 Å². The predicted octanol–water partition coefficient (Wildman–Crippen LogP) is 1.58. The zero-order chi connectivity index (χ0) is 13.6. The van der Waals surface area contributed by atoms with Crippen LogP contribution in [0.25, 0.3) is 0 Å². The Labute approximate surface area is 108 Å². The lowest BCUT2D eigenvalue weighted by Crippen LogP contribution is -2.41. The molecule has 5 heteroatoms. The van der Waals surface area contributed by atoms with Crippen molar-refractivity contribution in [3.63, 3.8) is 0 Å². The minimum Gasteiger partial charge on any atom is -0.399 e. The number of nitrogens with two attached hydrogens (primary N) is 1. The Morgan fingerprint density at radius 3 is 2.22 bits per heavy atom. The standard InChI is InChI=1S/C13H19BFNO2/c1-12(2)13(3,4)18-14(17-12)10-7-5-6-9(8-16)11(10)15/h5-7H,8,16H2,1-4H3. The molecule has 98 valence electrons. The van der Waals surface area contributed by atoms with Gasteiger partial charge in [-0.1, -0.05) is 18.2 Å². The Morgan fingerprint density at radius 2 is 1.72 bits per heavy atom. The molecule has 1 aromatic rings. The molecule has 0 aliphatic carbocycles. The summed E-state index contributed by atoms with van der Waals surface area (Å²) >= 11 is 0. The van der Waals surface area contributed by atoms with Gasteiger partial charge < -0.3 is 15.0 Å². The molecule has 2 N–H and O–H groups in total. The van der Waals surface area contributed by atoms with Crippen LogP contribution in [0.3, 0.4) is 0 Å². The fraction of sp³-hybridized carbons (Fsp3) is 0.538. The third-order valence-electron chi connectivity index (χ3n) is 3.84. The maximum atomic E-state index is 14.2. The highest BCUT2D eigenvalue weighted by molar-refractivity contribution is 6.62. The maximum Gasteiger partial charge on any atom is 0.497 e. The van der Waals surface area contributed by atoms with Gasteiger partial charge in [0.05, 0.1) is 11.2 Å². The molecule has 0 saturated carbocycles. The summed E-state index contributed by atoms with van der Waals surface area (Å²) in [5, 5.41) is 0. The molecule has 0 amide bonds. The van der Waals surface area contributed by atoms with E-state index >= 15 is 0 Å². The number of hydrogen-bond donors (Lipinski definition) is 1. The third kappa shape index (κ3) is 2.07. The van der Waals surface area contributed by atoms with E-state index in [0.717, 1.165) is 0 Å². The first-order chi connectivity index (χ1) is 8.28. The molecule has 0 radical (unpaired) electrons. The SMILES string of the molecule is CC1(C)OB(c2cccc(CN)c2F)OC1(C)C. The van der Waals surface area contributed by atoms with Gasteiger partial charge in [-0.25, -0.2) is 4.39 Å². The number of rotatable bonds is 2. The molecule has 3 nitrogen and oxygen atoms in total. The van der Waals surface area contributed by atoms with E-state index in [1.54, 1.807) is 18.2 Å². The Bertz CT molecular complexity index is 446. The van der Waals surface area contributed by atoms with E-state index in [1.807, 2.05) is 27.7 Å². The molecule has 1 aromatic carbocycles. The molecule has 0 atom stereocenters. The average Bonchev–Trinajstić information content (AvgIpc) is 2.48. The summed E-state index contributed by atoms with van der Waals surface area (Å²) in [6.45, 7) is 7.93. The van der Waals surface area contributed by atoms with Crippen LogP contribution in [-0.2, 0) is 15.9 Å². The molecule has 0 aromatic heterocycles. The molecule has 0 unspecified atom stereocenters. The van der Waals surface area contributed by atoms with Gasteiger partial charge in [0.2, 0.25) is 0 Å². The van der Waals surface area contributed by atoms with E-state index in [0.29, 0.717) is 11.0 Å². The van der Waals surface area contributed by atoms with Gasteiger partial charge in [-0.3, -0.25) is 0 Å². The van der Waals surface area contributed by atoms with E-state index in [4.69, 9.17) is 15.0 Å². The van der Waals surface area contributed by atoms with Gasteiger partial charge in [-0.2, -0.15) is 0 Å². The Morgan fingerprint density at radius 1 is 1.17 bits per heavy atom. The van der Waals surface area contributed by atoms with Crippen LogP contribution in [0.4, 0.5) is 4.39 Å². The summed E-state index contributed by atoms with van der Waals surface area (Å²) in [5.41, 5.74) is 5.45. The molecule has 1 aliphatic heterocycles. The lowest BCUT2D eigenvalue weighted by atomic mass is 9.78. The van der Waals surface area contributed by atoms with Crippen molar-refractivity contribution in [2.45, 2.75) is 45.4 Å². The molecule has 1 saturated heterocycles. The van der Waals surface area contributed by atoms with Crippen molar-refractivity contribution >= 4 is 12.6 Å². The van der Waals surface area contributed by atoms with Crippen LogP contribution in [0.5, 0.6) is 0 Å². The van der Waals surface area contributed by atoms with Crippen molar-refractivity contribution < 1.29 is 13.7 Å². The van der Waals surface area contributed by atoms with E-state index in [2.05, 4.69) is 0 Å². The second-order valence-corrected chi connectivity index (χ2v) is 5.61. The van der Waals surface area contributed by atoms with E-state index < -0.39 is 18.3 Å². The summed E-state index contributed by atoms with van der Waals surface area (Å²) in [6.07, 6.45) is 0. The van der Waals surface area contributed by atoms with Crippen LogP contribution in [0.2, 0.25) is 0 Å². The van der Waals surface area contributed by atoms with Crippen LogP contribution in [0.15, 0.2) is 18.2 Å². The molecule has 2 rings (SSSR count). The predicted molar refractivity (Wildman–Crippen MR) is 70.0 cm³/mol. The number of halogens is 1. The molecule has 0 bridgehead atoms.